The van der Waals surface area contributed by atoms with Gasteiger partial charge in [0.25, 0.3) is 0 Å². The summed E-state index contributed by atoms with van der Waals surface area (Å²) in [5.74, 6) is 0.956. The Morgan fingerprint density at radius 2 is 1.94 bits per heavy atom. The van der Waals surface area contributed by atoms with Crippen molar-refractivity contribution in [3.8, 4) is 5.75 Å². The molecule has 2 rings (SSSR count). The summed E-state index contributed by atoms with van der Waals surface area (Å²) in [7, 11) is 1.73. The zero-order chi connectivity index (χ0) is 12.3. The largest absolute Gasteiger partial charge is 0.496 e. The van der Waals surface area contributed by atoms with Crippen LogP contribution >= 0.6 is 0 Å². The van der Waals surface area contributed by atoms with E-state index in [1.54, 1.807) is 7.11 Å². The summed E-state index contributed by atoms with van der Waals surface area (Å²) in [6.07, 6.45) is 9.64. The van der Waals surface area contributed by atoms with Gasteiger partial charge in [-0.15, -0.1) is 0 Å². The van der Waals surface area contributed by atoms with Crippen molar-refractivity contribution in [1.29, 1.82) is 0 Å². The van der Waals surface area contributed by atoms with Crippen LogP contribution in [0.25, 0.3) is 5.57 Å². The van der Waals surface area contributed by atoms with E-state index >= 15 is 0 Å². The van der Waals surface area contributed by atoms with Gasteiger partial charge in [-0.25, -0.2) is 0 Å². The summed E-state index contributed by atoms with van der Waals surface area (Å²) in [6, 6.07) is 6.35. The molecule has 0 fully saturated rings. The Kier molecular flexibility index (Phi) is 3.48. The Labute approximate surface area is 103 Å². The molecular formula is C16H18O. The molecule has 0 saturated heterocycles. The molecule has 0 aliphatic heterocycles. The van der Waals surface area contributed by atoms with Gasteiger partial charge in [0, 0.05) is 5.56 Å². The highest BCUT2D eigenvalue weighted by atomic mass is 16.5. The van der Waals surface area contributed by atoms with Gasteiger partial charge in [0.15, 0.2) is 0 Å². The minimum absolute atomic E-state index is 0.952. The summed E-state index contributed by atoms with van der Waals surface area (Å²) in [5.41, 5.74) is 5.00. The third-order valence-electron chi connectivity index (χ3n) is 2.97. The number of hydrogen-bond donors (Lipinski definition) is 0. The van der Waals surface area contributed by atoms with Crippen LogP contribution in [-0.2, 0) is 0 Å². The van der Waals surface area contributed by atoms with E-state index in [9.17, 15) is 0 Å². The van der Waals surface area contributed by atoms with Crippen LogP contribution in [0, 0.1) is 6.92 Å². The number of methoxy groups -OCH3 is 1. The molecule has 0 atom stereocenters. The summed E-state index contributed by atoms with van der Waals surface area (Å²) in [4.78, 5) is 0. The number of benzene rings is 1. The van der Waals surface area contributed by atoms with Crippen molar-refractivity contribution in [2.75, 3.05) is 7.11 Å². The number of aryl methyl sites for hydroxylation is 1. The van der Waals surface area contributed by atoms with Gasteiger partial charge in [-0.1, -0.05) is 42.0 Å². The van der Waals surface area contributed by atoms with Crippen molar-refractivity contribution in [3.05, 3.63) is 59.2 Å². The lowest BCUT2D eigenvalue weighted by molar-refractivity contribution is 0.413. The first-order valence-corrected chi connectivity index (χ1v) is 5.89. The van der Waals surface area contributed by atoms with Gasteiger partial charge in [0.05, 0.1) is 7.11 Å². The van der Waals surface area contributed by atoms with Gasteiger partial charge in [-0.05, 0) is 37.5 Å². The Bertz CT molecular complexity index is 504. The topological polar surface area (TPSA) is 9.23 Å². The van der Waals surface area contributed by atoms with Gasteiger partial charge in [-0.3, -0.25) is 0 Å². The molecule has 0 aromatic heterocycles. The Morgan fingerprint density at radius 3 is 2.71 bits per heavy atom. The summed E-state index contributed by atoms with van der Waals surface area (Å²) < 4.78 is 5.46. The molecule has 0 unspecified atom stereocenters. The predicted octanol–water partition coefficient (Wildman–Crippen LogP) is 4.29. The maximum absolute atomic E-state index is 5.46. The van der Waals surface area contributed by atoms with Gasteiger partial charge in [-0.2, -0.15) is 0 Å². The molecule has 17 heavy (non-hydrogen) atoms. The quantitative estimate of drug-likeness (QED) is 0.730. The zero-order valence-electron chi connectivity index (χ0n) is 10.7. The molecule has 0 bridgehead atoms. The van der Waals surface area contributed by atoms with Gasteiger partial charge < -0.3 is 4.74 Å². The minimum Gasteiger partial charge on any atom is -0.496 e. The van der Waals surface area contributed by atoms with Crippen molar-refractivity contribution in [2.24, 2.45) is 0 Å². The molecule has 0 heterocycles. The first kappa shape index (κ1) is 11.7. The van der Waals surface area contributed by atoms with Crippen molar-refractivity contribution in [1.82, 2.24) is 0 Å². The van der Waals surface area contributed by atoms with E-state index in [2.05, 4.69) is 56.4 Å². The average Bonchev–Trinajstić information content (AvgIpc) is 2.54. The highest BCUT2D eigenvalue weighted by molar-refractivity contribution is 5.73. The second-order valence-electron chi connectivity index (χ2n) is 4.41. The fraction of sp³-hybridized carbons (Fsp3) is 0.250. The molecule has 1 aliphatic rings. The monoisotopic (exact) mass is 226 g/mol. The molecule has 1 aromatic rings. The molecule has 88 valence electrons. The van der Waals surface area contributed by atoms with E-state index in [0.29, 0.717) is 0 Å². The van der Waals surface area contributed by atoms with E-state index < -0.39 is 0 Å². The Balaban J connectivity index is 2.44. The van der Waals surface area contributed by atoms with Crippen LogP contribution in [0.2, 0.25) is 0 Å². The molecule has 1 aromatic carbocycles. The molecule has 0 saturated carbocycles. The van der Waals surface area contributed by atoms with Crippen LogP contribution in [0.3, 0.4) is 0 Å². The number of hydrogen-bond acceptors (Lipinski definition) is 1. The van der Waals surface area contributed by atoms with Crippen molar-refractivity contribution in [3.63, 3.8) is 0 Å². The van der Waals surface area contributed by atoms with Crippen LogP contribution < -0.4 is 4.74 Å². The van der Waals surface area contributed by atoms with Gasteiger partial charge in [0.2, 0.25) is 0 Å². The van der Waals surface area contributed by atoms with Crippen LogP contribution in [0.1, 0.15) is 24.5 Å². The Hall–Kier alpha value is -1.76. The third-order valence-corrected chi connectivity index (χ3v) is 2.97. The lowest BCUT2D eigenvalue weighted by Crippen LogP contribution is -1.92. The molecular weight excluding hydrogens is 208 g/mol. The normalized spacial score (nSPS) is 15.0. The summed E-state index contributed by atoms with van der Waals surface area (Å²) in [6.45, 7) is 4.19. The fourth-order valence-corrected chi connectivity index (χ4v) is 1.99. The lowest BCUT2D eigenvalue weighted by atomic mass is 10.00. The molecule has 0 amide bonds. The van der Waals surface area contributed by atoms with E-state index in [0.717, 1.165) is 12.2 Å². The Morgan fingerprint density at radius 1 is 1.12 bits per heavy atom. The standard InChI is InChI=1S/C16H18O/c1-12-5-4-6-14(9-7-12)15-10-8-13(2)11-16(15)17-3/h4-5,7-11H,6H2,1-3H3. The second kappa shape index (κ2) is 5.05. The molecule has 0 spiro atoms. The highest BCUT2D eigenvalue weighted by Crippen LogP contribution is 2.30. The summed E-state index contributed by atoms with van der Waals surface area (Å²) in [5, 5.41) is 0. The first-order chi connectivity index (χ1) is 8.20. The van der Waals surface area contributed by atoms with Gasteiger partial charge in [0.1, 0.15) is 5.75 Å². The lowest BCUT2D eigenvalue weighted by Gasteiger charge is -2.11. The van der Waals surface area contributed by atoms with Crippen molar-refractivity contribution < 1.29 is 4.74 Å². The van der Waals surface area contributed by atoms with Crippen LogP contribution in [-0.4, -0.2) is 7.11 Å². The molecule has 0 radical (unpaired) electrons. The first-order valence-electron chi connectivity index (χ1n) is 5.89. The predicted molar refractivity (Wildman–Crippen MR) is 73.2 cm³/mol. The zero-order valence-corrected chi connectivity index (χ0v) is 10.7. The number of allylic oxidation sites excluding steroid dienone is 6. The van der Waals surface area contributed by atoms with E-state index in [1.165, 1.54) is 22.3 Å². The van der Waals surface area contributed by atoms with E-state index in [-0.39, 0.29) is 0 Å². The second-order valence-corrected chi connectivity index (χ2v) is 4.41. The van der Waals surface area contributed by atoms with E-state index in [4.69, 9.17) is 4.74 Å². The summed E-state index contributed by atoms with van der Waals surface area (Å²) >= 11 is 0. The van der Waals surface area contributed by atoms with E-state index in [1.807, 2.05) is 0 Å². The highest BCUT2D eigenvalue weighted by Gasteiger charge is 2.08. The SMILES string of the molecule is COc1cc(C)ccc1C1=CC=C(C)C=CC1. The van der Waals surface area contributed by atoms with Crippen LogP contribution in [0.15, 0.2) is 48.1 Å². The molecule has 0 N–H and O–H groups in total. The van der Waals surface area contributed by atoms with Crippen molar-refractivity contribution in [2.45, 2.75) is 20.3 Å². The molecule has 1 aliphatic carbocycles. The molecule has 1 heteroatoms. The van der Waals surface area contributed by atoms with Crippen LogP contribution in [0.4, 0.5) is 0 Å². The average molecular weight is 226 g/mol. The maximum Gasteiger partial charge on any atom is 0.126 e. The van der Waals surface area contributed by atoms with Crippen LogP contribution in [0.5, 0.6) is 5.75 Å². The maximum atomic E-state index is 5.46. The third kappa shape index (κ3) is 2.68. The minimum atomic E-state index is 0.952. The van der Waals surface area contributed by atoms with Gasteiger partial charge >= 0.3 is 0 Å². The molecule has 1 nitrogen and oxygen atoms in total. The van der Waals surface area contributed by atoms with Crippen molar-refractivity contribution >= 4 is 5.57 Å². The smallest absolute Gasteiger partial charge is 0.126 e. The fourth-order valence-electron chi connectivity index (χ4n) is 1.99. The number of rotatable bonds is 2. The number of ether oxygens (including phenoxy) is 1.